The van der Waals surface area contributed by atoms with Gasteiger partial charge in [0, 0.05) is 38.1 Å². The maximum Gasteiger partial charge on any atom is 0.129 e. The van der Waals surface area contributed by atoms with E-state index in [0.717, 1.165) is 23.6 Å². The molecule has 0 radical (unpaired) electrons. The van der Waals surface area contributed by atoms with Crippen LogP contribution in [0.2, 0.25) is 0 Å². The monoisotopic (exact) mass is 414 g/mol. The molecule has 3 rings (SSSR count). The minimum absolute atomic E-state index is 0.222. The first-order valence-corrected chi connectivity index (χ1v) is 10.4. The summed E-state index contributed by atoms with van der Waals surface area (Å²) in [7, 11) is 0. The lowest BCUT2D eigenvalue weighted by molar-refractivity contribution is 0.00193. The van der Waals surface area contributed by atoms with Crippen LogP contribution in [-0.4, -0.2) is 40.4 Å². The van der Waals surface area contributed by atoms with E-state index in [4.69, 9.17) is 9.15 Å². The first kappa shape index (κ1) is 22.3. The van der Waals surface area contributed by atoms with Crippen LogP contribution in [0.4, 0.5) is 4.39 Å². The third-order valence-electron chi connectivity index (χ3n) is 4.78. The Bertz CT molecular complexity index is 876. The second-order valence-electron chi connectivity index (χ2n) is 8.09. The van der Waals surface area contributed by atoms with Crippen molar-refractivity contribution >= 4 is 0 Å². The van der Waals surface area contributed by atoms with Gasteiger partial charge in [-0.05, 0) is 47.9 Å². The second kappa shape index (κ2) is 11.1. The molecule has 0 amide bonds. The fourth-order valence-electron chi connectivity index (χ4n) is 3.57. The minimum atomic E-state index is -0.592. The number of hydrogen-bond donors (Lipinski definition) is 1. The van der Waals surface area contributed by atoms with Crippen molar-refractivity contribution in [2.75, 3.05) is 19.7 Å². The number of halogens is 1. The van der Waals surface area contributed by atoms with Gasteiger partial charge in [-0.3, -0.25) is 4.90 Å². The van der Waals surface area contributed by atoms with E-state index >= 15 is 0 Å². The van der Waals surface area contributed by atoms with E-state index < -0.39 is 6.10 Å². The molecule has 2 heterocycles. The van der Waals surface area contributed by atoms with E-state index in [1.54, 1.807) is 18.4 Å². The summed E-state index contributed by atoms with van der Waals surface area (Å²) in [6.07, 6.45) is 3.03. The molecule has 0 saturated heterocycles. The molecule has 0 spiro atoms. The topological polar surface area (TPSA) is 50.8 Å². The molecule has 1 atom stereocenters. The van der Waals surface area contributed by atoms with Crippen LogP contribution in [0.25, 0.3) is 0 Å². The lowest BCUT2D eigenvalue weighted by atomic mass is 10.2. The van der Waals surface area contributed by atoms with Crippen molar-refractivity contribution in [1.82, 2.24) is 9.47 Å². The van der Waals surface area contributed by atoms with Crippen LogP contribution in [0, 0.1) is 11.7 Å². The molecule has 6 heteroatoms. The normalized spacial score (nSPS) is 12.7. The van der Waals surface area contributed by atoms with E-state index in [0.29, 0.717) is 32.2 Å². The number of aliphatic hydroxyl groups excluding tert-OH is 1. The quantitative estimate of drug-likeness (QED) is 0.480. The van der Waals surface area contributed by atoms with Gasteiger partial charge in [0.05, 0.1) is 19.0 Å². The average molecular weight is 415 g/mol. The van der Waals surface area contributed by atoms with Gasteiger partial charge in [0.2, 0.25) is 0 Å². The highest BCUT2D eigenvalue weighted by atomic mass is 19.1. The Balaban J connectivity index is 1.57. The summed E-state index contributed by atoms with van der Waals surface area (Å²) in [6, 6.07) is 14.4. The van der Waals surface area contributed by atoms with Crippen molar-refractivity contribution in [1.29, 1.82) is 0 Å². The first-order valence-electron chi connectivity index (χ1n) is 10.4. The van der Waals surface area contributed by atoms with E-state index in [1.165, 1.54) is 6.07 Å². The number of hydrogen-bond acceptors (Lipinski definition) is 4. The van der Waals surface area contributed by atoms with Crippen LogP contribution in [0.15, 0.2) is 65.4 Å². The number of benzene rings is 1. The van der Waals surface area contributed by atoms with Crippen molar-refractivity contribution in [3.63, 3.8) is 0 Å². The number of aromatic nitrogens is 1. The molecular weight excluding hydrogens is 383 g/mol. The van der Waals surface area contributed by atoms with Crippen molar-refractivity contribution in [3.05, 3.63) is 83.8 Å². The molecule has 0 aliphatic carbocycles. The average Bonchev–Trinajstić information content (AvgIpc) is 3.34. The molecule has 1 N–H and O–H groups in total. The minimum Gasteiger partial charge on any atom is -0.467 e. The number of ether oxygens (including phenoxy) is 1. The first-order chi connectivity index (χ1) is 14.5. The van der Waals surface area contributed by atoms with Gasteiger partial charge in [0.1, 0.15) is 18.2 Å². The SMILES string of the molecule is CC(C)CN(Cc1cccn1Cc1cccc(F)c1)CC(O)COCc1ccco1. The molecule has 0 aliphatic rings. The van der Waals surface area contributed by atoms with E-state index in [1.807, 2.05) is 30.5 Å². The highest BCUT2D eigenvalue weighted by molar-refractivity contribution is 5.19. The van der Waals surface area contributed by atoms with Gasteiger partial charge in [0.15, 0.2) is 0 Å². The summed E-state index contributed by atoms with van der Waals surface area (Å²) in [4.78, 5) is 2.24. The van der Waals surface area contributed by atoms with Crippen molar-refractivity contribution in [2.45, 2.75) is 39.6 Å². The summed E-state index contributed by atoms with van der Waals surface area (Å²) in [6.45, 7) is 7.63. The van der Waals surface area contributed by atoms with Crippen LogP contribution >= 0.6 is 0 Å². The Morgan fingerprint density at radius 1 is 1.13 bits per heavy atom. The third kappa shape index (κ3) is 7.13. The fourth-order valence-corrected chi connectivity index (χ4v) is 3.57. The van der Waals surface area contributed by atoms with E-state index in [-0.39, 0.29) is 12.4 Å². The third-order valence-corrected chi connectivity index (χ3v) is 4.78. The predicted octanol–water partition coefficient (Wildman–Crippen LogP) is 4.30. The van der Waals surface area contributed by atoms with Crippen LogP contribution in [0.5, 0.6) is 0 Å². The highest BCUT2D eigenvalue weighted by Crippen LogP contribution is 2.13. The summed E-state index contributed by atoms with van der Waals surface area (Å²) >= 11 is 0. The zero-order valence-electron chi connectivity index (χ0n) is 17.7. The molecule has 1 unspecified atom stereocenters. The maximum absolute atomic E-state index is 13.5. The molecule has 0 bridgehead atoms. The largest absolute Gasteiger partial charge is 0.467 e. The number of rotatable bonds is 12. The Morgan fingerprint density at radius 2 is 2.00 bits per heavy atom. The van der Waals surface area contributed by atoms with Crippen molar-refractivity contribution < 1.29 is 18.7 Å². The Kier molecular flexibility index (Phi) is 8.25. The van der Waals surface area contributed by atoms with Crippen molar-refractivity contribution in [3.8, 4) is 0 Å². The molecular formula is C24H31FN2O3. The Labute approximate surface area is 177 Å². The van der Waals surface area contributed by atoms with E-state index in [2.05, 4.69) is 29.4 Å². The lowest BCUT2D eigenvalue weighted by Gasteiger charge is -2.27. The van der Waals surface area contributed by atoms with Crippen LogP contribution < -0.4 is 0 Å². The summed E-state index contributed by atoms with van der Waals surface area (Å²) in [5.74, 6) is 0.990. The summed E-state index contributed by atoms with van der Waals surface area (Å²) < 4.78 is 26.5. The molecule has 30 heavy (non-hydrogen) atoms. The molecule has 162 valence electrons. The van der Waals surface area contributed by atoms with Gasteiger partial charge >= 0.3 is 0 Å². The number of aliphatic hydroxyl groups is 1. The van der Waals surface area contributed by atoms with Gasteiger partial charge in [-0.1, -0.05) is 26.0 Å². The standard InChI is InChI=1S/C24H31FN2O3/c1-19(2)13-26(16-23(28)17-29-18-24-9-5-11-30-24)15-22-8-4-10-27(22)14-20-6-3-7-21(25)12-20/h3-12,19,23,28H,13-18H2,1-2H3. The van der Waals surface area contributed by atoms with Gasteiger partial charge in [0.25, 0.3) is 0 Å². The van der Waals surface area contributed by atoms with Crippen molar-refractivity contribution in [2.24, 2.45) is 5.92 Å². The van der Waals surface area contributed by atoms with Gasteiger partial charge < -0.3 is 18.8 Å². The number of nitrogens with zero attached hydrogens (tertiary/aromatic N) is 2. The van der Waals surface area contributed by atoms with Gasteiger partial charge in [-0.25, -0.2) is 4.39 Å². The lowest BCUT2D eigenvalue weighted by Crippen LogP contribution is -2.37. The zero-order chi connectivity index (χ0) is 21.3. The van der Waals surface area contributed by atoms with Gasteiger partial charge in [-0.2, -0.15) is 0 Å². The summed E-state index contributed by atoms with van der Waals surface area (Å²) in [5.41, 5.74) is 2.05. The number of furan rings is 1. The highest BCUT2D eigenvalue weighted by Gasteiger charge is 2.16. The fraction of sp³-hybridized carbons (Fsp3) is 0.417. The molecule has 0 fully saturated rings. The molecule has 0 saturated carbocycles. The smallest absolute Gasteiger partial charge is 0.129 e. The van der Waals surface area contributed by atoms with E-state index in [9.17, 15) is 9.50 Å². The summed E-state index contributed by atoms with van der Waals surface area (Å²) in [5, 5.41) is 10.5. The molecule has 0 aliphatic heterocycles. The molecule has 5 nitrogen and oxygen atoms in total. The zero-order valence-corrected chi connectivity index (χ0v) is 17.7. The van der Waals surface area contributed by atoms with Crippen LogP contribution in [-0.2, 0) is 24.4 Å². The predicted molar refractivity (Wildman–Crippen MR) is 114 cm³/mol. The molecule has 3 aromatic rings. The van der Waals surface area contributed by atoms with Crippen LogP contribution in [0.3, 0.4) is 0 Å². The Hall–Kier alpha value is -2.41. The van der Waals surface area contributed by atoms with Crippen LogP contribution in [0.1, 0.15) is 30.9 Å². The molecule has 1 aromatic carbocycles. The Morgan fingerprint density at radius 3 is 2.73 bits per heavy atom. The second-order valence-corrected chi connectivity index (χ2v) is 8.09. The maximum atomic E-state index is 13.5. The molecule has 2 aromatic heterocycles. The van der Waals surface area contributed by atoms with Gasteiger partial charge in [-0.15, -0.1) is 0 Å².